The number of nitrogens with zero attached hydrogens (tertiary/aromatic N) is 2. The van der Waals surface area contributed by atoms with E-state index >= 15 is 0 Å². The van der Waals surface area contributed by atoms with Crippen molar-refractivity contribution in [2.24, 2.45) is 0 Å². The van der Waals surface area contributed by atoms with Gasteiger partial charge in [-0.25, -0.2) is 8.78 Å². The summed E-state index contributed by atoms with van der Waals surface area (Å²) >= 11 is 0. The predicted octanol–water partition coefficient (Wildman–Crippen LogP) is 3.52. The second-order valence-corrected chi connectivity index (χ2v) is 5.99. The summed E-state index contributed by atoms with van der Waals surface area (Å²) in [5, 5.41) is 8.14. The molecule has 1 aliphatic heterocycles. The fourth-order valence-electron chi connectivity index (χ4n) is 3.15. The molecule has 0 unspecified atom stereocenters. The Balaban J connectivity index is 1.74. The van der Waals surface area contributed by atoms with Crippen molar-refractivity contribution in [1.82, 2.24) is 15.1 Å². The van der Waals surface area contributed by atoms with Gasteiger partial charge in [0.05, 0.1) is 12.2 Å². The molecule has 0 saturated heterocycles. The number of rotatable bonds is 3. The average molecular weight is 325 g/mol. The molecular weight excluding hydrogens is 308 g/mol. The molecule has 0 spiro atoms. The molecule has 1 N–H and O–H groups in total. The summed E-state index contributed by atoms with van der Waals surface area (Å²) in [6, 6.07) is 12.9. The summed E-state index contributed by atoms with van der Waals surface area (Å²) < 4.78 is 28.3. The second-order valence-electron chi connectivity index (χ2n) is 5.99. The average Bonchev–Trinajstić information content (AvgIpc) is 2.97. The molecule has 3 nitrogen and oxygen atoms in total. The highest BCUT2D eigenvalue weighted by Gasteiger charge is 2.21. The van der Waals surface area contributed by atoms with Crippen LogP contribution in [0.15, 0.2) is 48.5 Å². The van der Waals surface area contributed by atoms with Crippen LogP contribution in [0.25, 0.3) is 11.3 Å². The summed E-state index contributed by atoms with van der Waals surface area (Å²) in [5.41, 5.74) is 5.16. The zero-order chi connectivity index (χ0) is 16.5. The van der Waals surface area contributed by atoms with Crippen molar-refractivity contribution < 1.29 is 8.78 Å². The van der Waals surface area contributed by atoms with Crippen LogP contribution in [0.4, 0.5) is 8.78 Å². The molecule has 4 rings (SSSR count). The van der Waals surface area contributed by atoms with Crippen LogP contribution in [0.1, 0.15) is 16.8 Å². The highest BCUT2D eigenvalue weighted by molar-refractivity contribution is 5.64. The smallest absolute Gasteiger partial charge is 0.123 e. The van der Waals surface area contributed by atoms with E-state index in [-0.39, 0.29) is 11.6 Å². The number of nitrogens with one attached hydrogen (secondary N) is 1. The minimum Gasteiger partial charge on any atom is -0.312 e. The fourth-order valence-corrected chi connectivity index (χ4v) is 3.15. The lowest BCUT2D eigenvalue weighted by Crippen LogP contribution is -2.25. The van der Waals surface area contributed by atoms with Crippen molar-refractivity contribution in [3.63, 3.8) is 0 Å². The normalized spacial score (nSPS) is 13.8. The molecule has 1 aromatic heterocycles. The van der Waals surface area contributed by atoms with Crippen molar-refractivity contribution in [1.29, 1.82) is 0 Å². The van der Waals surface area contributed by atoms with E-state index in [4.69, 9.17) is 5.10 Å². The molecule has 3 aromatic rings. The third-order valence-corrected chi connectivity index (χ3v) is 4.37. The van der Waals surface area contributed by atoms with Gasteiger partial charge < -0.3 is 5.32 Å². The number of benzene rings is 2. The van der Waals surface area contributed by atoms with Gasteiger partial charge in [-0.3, -0.25) is 4.68 Å². The standard InChI is InChI=1S/C19H17F2N3/c20-15-5-1-13(2-6-15)12-24-18-9-10-22-11-17(18)19(23-24)14-3-7-16(21)8-4-14/h1-8,22H,9-12H2. The number of hydrogen-bond acceptors (Lipinski definition) is 2. The van der Waals surface area contributed by atoms with Crippen molar-refractivity contribution in [2.75, 3.05) is 6.54 Å². The van der Waals surface area contributed by atoms with E-state index in [0.29, 0.717) is 6.54 Å². The van der Waals surface area contributed by atoms with Crippen LogP contribution in [0.3, 0.4) is 0 Å². The Morgan fingerprint density at radius 2 is 1.62 bits per heavy atom. The first-order valence-corrected chi connectivity index (χ1v) is 8.00. The third kappa shape index (κ3) is 2.83. The zero-order valence-electron chi connectivity index (χ0n) is 13.1. The molecule has 0 amide bonds. The molecule has 0 saturated carbocycles. The molecule has 0 atom stereocenters. The first kappa shape index (κ1) is 15.0. The molecule has 1 aliphatic rings. The van der Waals surface area contributed by atoms with Crippen LogP contribution < -0.4 is 5.32 Å². The monoisotopic (exact) mass is 325 g/mol. The molecule has 0 radical (unpaired) electrons. The van der Waals surface area contributed by atoms with Crippen molar-refractivity contribution in [3.05, 3.63) is 77.0 Å². The lowest BCUT2D eigenvalue weighted by molar-refractivity contribution is 0.581. The SMILES string of the molecule is Fc1ccc(Cn2nc(-c3ccc(F)cc3)c3c2CCNC3)cc1. The van der Waals surface area contributed by atoms with Crippen LogP contribution >= 0.6 is 0 Å². The van der Waals surface area contributed by atoms with Gasteiger partial charge >= 0.3 is 0 Å². The third-order valence-electron chi connectivity index (χ3n) is 4.37. The zero-order valence-corrected chi connectivity index (χ0v) is 13.1. The van der Waals surface area contributed by atoms with Crippen LogP contribution in [-0.2, 0) is 19.5 Å². The largest absolute Gasteiger partial charge is 0.312 e. The molecule has 0 aliphatic carbocycles. The highest BCUT2D eigenvalue weighted by Crippen LogP contribution is 2.28. The van der Waals surface area contributed by atoms with Gasteiger partial charge in [0.1, 0.15) is 11.6 Å². The first-order valence-electron chi connectivity index (χ1n) is 8.00. The molecule has 5 heteroatoms. The van der Waals surface area contributed by atoms with E-state index in [1.54, 1.807) is 24.3 Å². The van der Waals surface area contributed by atoms with Crippen LogP contribution in [0.5, 0.6) is 0 Å². The number of hydrogen-bond donors (Lipinski definition) is 1. The van der Waals surface area contributed by atoms with Gasteiger partial charge in [-0.1, -0.05) is 12.1 Å². The number of halogens is 2. The van der Waals surface area contributed by atoms with Gasteiger partial charge in [0, 0.05) is 36.3 Å². The Morgan fingerprint density at radius 1 is 0.958 bits per heavy atom. The van der Waals surface area contributed by atoms with Crippen LogP contribution in [0.2, 0.25) is 0 Å². The molecule has 2 heterocycles. The minimum atomic E-state index is -0.253. The number of fused-ring (bicyclic) bond motifs is 1. The van der Waals surface area contributed by atoms with E-state index in [0.717, 1.165) is 41.9 Å². The maximum absolute atomic E-state index is 13.2. The minimum absolute atomic E-state index is 0.238. The van der Waals surface area contributed by atoms with E-state index in [1.807, 2.05) is 4.68 Å². The lowest BCUT2D eigenvalue weighted by atomic mass is 10.0. The second kappa shape index (κ2) is 6.17. The van der Waals surface area contributed by atoms with E-state index < -0.39 is 0 Å². The fraction of sp³-hybridized carbons (Fsp3) is 0.211. The topological polar surface area (TPSA) is 29.9 Å². The van der Waals surface area contributed by atoms with Gasteiger partial charge in [0.15, 0.2) is 0 Å². The Morgan fingerprint density at radius 3 is 2.33 bits per heavy atom. The molecule has 0 bridgehead atoms. The lowest BCUT2D eigenvalue weighted by Gasteiger charge is -2.15. The highest BCUT2D eigenvalue weighted by atomic mass is 19.1. The molecule has 122 valence electrons. The maximum atomic E-state index is 13.2. The molecular formula is C19H17F2N3. The summed E-state index contributed by atoms with van der Waals surface area (Å²) in [6.07, 6.45) is 0.894. The van der Waals surface area contributed by atoms with Crippen molar-refractivity contribution >= 4 is 0 Å². The van der Waals surface area contributed by atoms with E-state index in [2.05, 4.69) is 5.32 Å². The first-order chi connectivity index (χ1) is 11.7. The summed E-state index contributed by atoms with van der Waals surface area (Å²) in [7, 11) is 0. The van der Waals surface area contributed by atoms with Crippen molar-refractivity contribution in [2.45, 2.75) is 19.5 Å². The van der Waals surface area contributed by atoms with E-state index in [1.165, 1.54) is 30.0 Å². The predicted molar refractivity (Wildman–Crippen MR) is 88.5 cm³/mol. The van der Waals surface area contributed by atoms with Gasteiger partial charge in [-0.15, -0.1) is 0 Å². The molecule has 2 aromatic carbocycles. The summed E-state index contributed by atoms with van der Waals surface area (Å²) in [5.74, 6) is -0.492. The van der Waals surface area contributed by atoms with Crippen molar-refractivity contribution in [3.8, 4) is 11.3 Å². The maximum Gasteiger partial charge on any atom is 0.123 e. The summed E-state index contributed by atoms with van der Waals surface area (Å²) in [6.45, 7) is 2.26. The van der Waals surface area contributed by atoms with Gasteiger partial charge in [0.25, 0.3) is 0 Å². The summed E-state index contributed by atoms with van der Waals surface area (Å²) in [4.78, 5) is 0. The Bertz CT molecular complexity index is 852. The Kier molecular flexibility index (Phi) is 3.86. The van der Waals surface area contributed by atoms with E-state index in [9.17, 15) is 8.78 Å². The van der Waals surface area contributed by atoms with Crippen LogP contribution in [0, 0.1) is 11.6 Å². The molecule has 0 fully saturated rings. The Hall–Kier alpha value is -2.53. The van der Waals surface area contributed by atoms with Gasteiger partial charge in [-0.2, -0.15) is 5.10 Å². The Labute approximate surface area is 138 Å². The van der Waals surface area contributed by atoms with Crippen LogP contribution in [-0.4, -0.2) is 16.3 Å². The van der Waals surface area contributed by atoms with Gasteiger partial charge in [0.2, 0.25) is 0 Å². The van der Waals surface area contributed by atoms with Gasteiger partial charge in [-0.05, 0) is 42.0 Å². The molecule has 24 heavy (non-hydrogen) atoms. The number of aromatic nitrogens is 2. The quantitative estimate of drug-likeness (QED) is 0.798.